The molecule has 1 N–H and O–H groups in total. The van der Waals surface area contributed by atoms with Gasteiger partial charge in [0.05, 0.1) is 17.4 Å². The molecule has 0 radical (unpaired) electrons. The Hall–Kier alpha value is -3.14. The van der Waals surface area contributed by atoms with Gasteiger partial charge in [0.15, 0.2) is 0 Å². The van der Waals surface area contributed by atoms with E-state index in [-0.39, 0.29) is 5.91 Å². The summed E-state index contributed by atoms with van der Waals surface area (Å²) >= 11 is 0. The van der Waals surface area contributed by atoms with E-state index < -0.39 is 0 Å². The van der Waals surface area contributed by atoms with Crippen LogP contribution in [0.15, 0.2) is 60.9 Å². The van der Waals surface area contributed by atoms with Gasteiger partial charge in [-0.25, -0.2) is 0 Å². The van der Waals surface area contributed by atoms with Crippen LogP contribution in [0.5, 0.6) is 0 Å². The molecular formula is C23H25N3O. The lowest BCUT2D eigenvalue weighted by molar-refractivity contribution is 0.0784. The number of benzene rings is 2. The van der Waals surface area contributed by atoms with Gasteiger partial charge >= 0.3 is 0 Å². The Balaban J connectivity index is 1.78. The van der Waals surface area contributed by atoms with E-state index in [1.54, 1.807) is 17.3 Å². The van der Waals surface area contributed by atoms with E-state index >= 15 is 0 Å². The van der Waals surface area contributed by atoms with Crippen molar-refractivity contribution in [3.63, 3.8) is 0 Å². The monoisotopic (exact) mass is 359 g/mol. The first-order chi connectivity index (χ1) is 12.9. The fourth-order valence-electron chi connectivity index (χ4n) is 3.30. The maximum Gasteiger partial charge on any atom is 0.255 e. The minimum Gasteiger partial charge on any atom is -0.354 e. The zero-order chi connectivity index (χ0) is 19.4. The second-order valence-corrected chi connectivity index (χ2v) is 7.01. The molecule has 0 aliphatic carbocycles. The summed E-state index contributed by atoms with van der Waals surface area (Å²) in [5.74, 6) is -0.0487. The van der Waals surface area contributed by atoms with Crippen molar-refractivity contribution in [2.45, 2.75) is 27.3 Å². The van der Waals surface area contributed by atoms with Crippen LogP contribution in [-0.2, 0) is 6.54 Å². The predicted molar refractivity (Wildman–Crippen MR) is 110 cm³/mol. The summed E-state index contributed by atoms with van der Waals surface area (Å²) in [7, 11) is 1.81. The lowest BCUT2D eigenvalue weighted by Crippen LogP contribution is -2.26. The molecule has 3 rings (SSSR count). The maximum atomic E-state index is 12.8. The van der Waals surface area contributed by atoms with Crippen LogP contribution in [0.3, 0.4) is 0 Å². The second-order valence-electron chi connectivity index (χ2n) is 7.01. The van der Waals surface area contributed by atoms with Gasteiger partial charge in [0.25, 0.3) is 5.91 Å². The van der Waals surface area contributed by atoms with Crippen molar-refractivity contribution >= 4 is 17.3 Å². The highest BCUT2D eigenvalue weighted by atomic mass is 16.2. The first-order valence-corrected chi connectivity index (χ1v) is 9.03. The molecule has 4 nitrogen and oxygen atoms in total. The van der Waals surface area contributed by atoms with Gasteiger partial charge in [0, 0.05) is 25.5 Å². The summed E-state index contributed by atoms with van der Waals surface area (Å²) in [4.78, 5) is 18.8. The zero-order valence-corrected chi connectivity index (χ0v) is 16.3. The van der Waals surface area contributed by atoms with Crippen molar-refractivity contribution in [2.75, 3.05) is 12.4 Å². The van der Waals surface area contributed by atoms with Gasteiger partial charge in [0.2, 0.25) is 0 Å². The SMILES string of the molecule is Cc1cc(C)c(Nc2cncc(C(=O)N(C)Cc3ccccc3)c2)c(C)c1. The molecule has 0 fully saturated rings. The number of nitrogens with zero attached hydrogens (tertiary/aromatic N) is 2. The van der Waals surface area contributed by atoms with Crippen molar-refractivity contribution in [3.05, 3.63) is 88.7 Å². The van der Waals surface area contributed by atoms with E-state index in [1.807, 2.05) is 43.4 Å². The largest absolute Gasteiger partial charge is 0.354 e. The van der Waals surface area contributed by atoms with Crippen LogP contribution in [0.4, 0.5) is 11.4 Å². The topological polar surface area (TPSA) is 45.2 Å². The highest BCUT2D eigenvalue weighted by Gasteiger charge is 2.14. The number of amides is 1. The van der Waals surface area contributed by atoms with Crippen LogP contribution in [0, 0.1) is 20.8 Å². The highest BCUT2D eigenvalue weighted by Crippen LogP contribution is 2.26. The minimum atomic E-state index is -0.0487. The Morgan fingerprint density at radius 3 is 2.33 bits per heavy atom. The van der Waals surface area contributed by atoms with Crippen LogP contribution in [-0.4, -0.2) is 22.8 Å². The molecule has 3 aromatic rings. The average molecular weight is 359 g/mol. The van der Waals surface area contributed by atoms with Crippen LogP contribution < -0.4 is 5.32 Å². The van der Waals surface area contributed by atoms with E-state index in [1.165, 1.54) is 16.7 Å². The molecular weight excluding hydrogens is 334 g/mol. The molecule has 0 bridgehead atoms. The Morgan fingerprint density at radius 1 is 1.00 bits per heavy atom. The van der Waals surface area contributed by atoms with Crippen molar-refractivity contribution in [2.24, 2.45) is 0 Å². The molecule has 27 heavy (non-hydrogen) atoms. The van der Waals surface area contributed by atoms with E-state index in [0.29, 0.717) is 12.1 Å². The van der Waals surface area contributed by atoms with Gasteiger partial charge in [0.1, 0.15) is 0 Å². The zero-order valence-electron chi connectivity index (χ0n) is 16.3. The van der Waals surface area contributed by atoms with Gasteiger partial charge in [-0.05, 0) is 43.5 Å². The fraction of sp³-hybridized carbons (Fsp3) is 0.217. The molecule has 138 valence electrons. The number of rotatable bonds is 5. The molecule has 0 atom stereocenters. The fourth-order valence-corrected chi connectivity index (χ4v) is 3.30. The average Bonchev–Trinajstić information content (AvgIpc) is 2.65. The third-order valence-corrected chi connectivity index (χ3v) is 4.54. The number of anilines is 2. The number of aryl methyl sites for hydroxylation is 3. The Bertz CT molecular complexity index is 928. The van der Waals surface area contributed by atoms with Crippen LogP contribution >= 0.6 is 0 Å². The number of hydrogen-bond donors (Lipinski definition) is 1. The standard InChI is InChI=1S/C23H25N3O/c1-16-10-17(2)22(18(3)11-16)25-21-12-20(13-24-14-21)23(27)26(4)15-19-8-6-5-7-9-19/h5-14,25H,15H2,1-4H3. The summed E-state index contributed by atoms with van der Waals surface area (Å²) in [6.45, 7) is 6.82. The molecule has 0 aliphatic rings. The molecule has 0 saturated carbocycles. The first kappa shape index (κ1) is 18.6. The number of pyridine rings is 1. The van der Waals surface area contributed by atoms with Crippen molar-refractivity contribution in [3.8, 4) is 0 Å². The molecule has 1 amide bonds. The number of carbonyl (C=O) groups is 1. The van der Waals surface area contributed by atoms with Crippen molar-refractivity contribution in [1.82, 2.24) is 9.88 Å². The lowest BCUT2D eigenvalue weighted by atomic mass is 10.0. The van der Waals surface area contributed by atoms with Gasteiger partial charge in [-0.1, -0.05) is 48.0 Å². The van der Waals surface area contributed by atoms with Crippen LogP contribution in [0.25, 0.3) is 0 Å². The normalized spacial score (nSPS) is 10.5. The quantitative estimate of drug-likeness (QED) is 0.695. The Morgan fingerprint density at radius 2 is 1.67 bits per heavy atom. The van der Waals surface area contributed by atoms with E-state index in [9.17, 15) is 4.79 Å². The minimum absolute atomic E-state index is 0.0487. The van der Waals surface area contributed by atoms with Crippen LogP contribution in [0.2, 0.25) is 0 Å². The Labute approximate surface area is 160 Å². The lowest BCUT2D eigenvalue weighted by Gasteiger charge is -2.18. The molecule has 0 saturated heterocycles. The molecule has 0 spiro atoms. The highest BCUT2D eigenvalue weighted by molar-refractivity contribution is 5.94. The second kappa shape index (κ2) is 8.04. The Kier molecular flexibility index (Phi) is 5.55. The van der Waals surface area contributed by atoms with Gasteiger partial charge < -0.3 is 10.2 Å². The molecule has 0 unspecified atom stereocenters. The summed E-state index contributed by atoms with van der Waals surface area (Å²) in [5.41, 5.74) is 7.12. The van der Waals surface area contributed by atoms with Crippen LogP contribution in [0.1, 0.15) is 32.6 Å². The van der Waals surface area contributed by atoms with Crippen molar-refractivity contribution in [1.29, 1.82) is 0 Å². The predicted octanol–water partition coefficient (Wildman–Crippen LogP) is 5.02. The summed E-state index contributed by atoms with van der Waals surface area (Å²) in [6, 6.07) is 16.1. The van der Waals surface area contributed by atoms with Gasteiger partial charge in [-0.2, -0.15) is 0 Å². The first-order valence-electron chi connectivity index (χ1n) is 9.03. The van der Waals surface area contributed by atoms with E-state index in [0.717, 1.165) is 16.9 Å². The maximum absolute atomic E-state index is 12.8. The summed E-state index contributed by atoms with van der Waals surface area (Å²) in [5, 5.41) is 3.42. The third-order valence-electron chi connectivity index (χ3n) is 4.54. The molecule has 2 aromatic carbocycles. The van der Waals surface area contributed by atoms with Crippen molar-refractivity contribution < 1.29 is 4.79 Å². The van der Waals surface area contributed by atoms with Gasteiger partial charge in [-0.15, -0.1) is 0 Å². The summed E-state index contributed by atoms with van der Waals surface area (Å²) in [6.07, 6.45) is 3.36. The molecule has 1 aromatic heterocycles. The number of carbonyl (C=O) groups excluding carboxylic acids is 1. The number of nitrogens with one attached hydrogen (secondary N) is 1. The smallest absolute Gasteiger partial charge is 0.255 e. The van der Waals surface area contributed by atoms with E-state index in [2.05, 4.69) is 43.2 Å². The third kappa shape index (κ3) is 4.53. The molecule has 1 heterocycles. The molecule has 0 aliphatic heterocycles. The van der Waals surface area contributed by atoms with Gasteiger partial charge in [-0.3, -0.25) is 9.78 Å². The summed E-state index contributed by atoms with van der Waals surface area (Å²) < 4.78 is 0. The van der Waals surface area contributed by atoms with E-state index in [4.69, 9.17) is 0 Å². The molecule has 4 heteroatoms. The number of hydrogen-bond acceptors (Lipinski definition) is 3. The number of aromatic nitrogens is 1.